The van der Waals surface area contributed by atoms with Gasteiger partial charge in [-0.25, -0.2) is 0 Å². The van der Waals surface area contributed by atoms with E-state index in [4.69, 9.17) is 0 Å². The predicted molar refractivity (Wildman–Crippen MR) is 359 cm³/mol. The molecule has 2 heterocycles. The molecule has 13 rings (SSSR count). The van der Waals surface area contributed by atoms with Gasteiger partial charge in [0.1, 0.15) is 0 Å². The third-order valence-electron chi connectivity index (χ3n) is 17.4. The average Bonchev–Trinajstić information content (AvgIpc) is 1.52. The van der Waals surface area contributed by atoms with Crippen LogP contribution in [0.5, 0.6) is 0 Å². The third kappa shape index (κ3) is 10.2. The van der Waals surface area contributed by atoms with E-state index in [9.17, 15) is 73.7 Å². The number of nitrogens with zero attached hydrogens (tertiary/aromatic N) is 16. The third-order valence-corrected chi connectivity index (χ3v) is 17.4. The zero-order valence-corrected chi connectivity index (χ0v) is 51.0. The fraction of sp³-hybridized carbons (Fsp3) is 0.0123. The highest BCUT2D eigenvalue weighted by Crippen LogP contribution is 2.48. The number of benzene rings is 11. The van der Waals surface area contributed by atoms with Crippen molar-refractivity contribution in [2.45, 2.75) is 6.18 Å². The lowest BCUT2D eigenvalue weighted by atomic mass is 9.89. The van der Waals surface area contributed by atoms with Crippen LogP contribution in [0.4, 0.5) is 13.2 Å². The molecule has 0 aliphatic rings. The Morgan fingerprint density at radius 3 is 0.850 bits per heavy atom. The lowest BCUT2D eigenvalue weighted by Crippen LogP contribution is -2.08. The van der Waals surface area contributed by atoms with Crippen LogP contribution in [0.25, 0.3) is 122 Å². The standard InChI is InChI=1S/C81H29F3N16/c82-81(83,84)71-24-45(31-86)1-8-64(71)63-9-7-62(99-72-11-3-50(77-54(36-91)15-46(32-87)16-55(77)37-92)25-67(72)68-26-51(4-12-73(68)99)78-56(38-93)17-47(33-88)18-57(78)39-94)29-65(63)66-23-44(30-85)2-10-74(66)100-75-13-5-52(79-58(40-95)19-48(34-89)20-59(79)41-96)27-69(75)70-28-53(6-14-76(70)100)80-60(42-97)21-49(35-90)22-61(80)43-98/h1-29H. The molecule has 0 amide bonds. The van der Waals surface area contributed by atoms with Gasteiger partial charge < -0.3 is 9.13 Å². The molecule has 0 aliphatic carbocycles. The molecule has 0 N–H and O–H groups in total. The fourth-order valence-electron chi connectivity index (χ4n) is 13.2. The van der Waals surface area contributed by atoms with E-state index < -0.39 is 11.7 Å². The number of rotatable bonds is 8. The van der Waals surface area contributed by atoms with Gasteiger partial charge in [0.05, 0.1) is 196 Å². The summed E-state index contributed by atoms with van der Waals surface area (Å²) < 4.78 is 51.0. The van der Waals surface area contributed by atoms with Crippen molar-refractivity contribution in [3.8, 4) is 163 Å². The highest BCUT2D eigenvalue weighted by Gasteiger charge is 2.36. The summed E-state index contributed by atoms with van der Waals surface area (Å²) in [6, 6.07) is 72.5. The Labute approximate surface area is 565 Å². The first-order valence-corrected chi connectivity index (χ1v) is 29.6. The predicted octanol–water partition coefficient (Wildman–Crippen LogP) is 17.1. The van der Waals surface area contributed by atoms with Crippen LogP contribution in [0.2, 0.25) is 0 Å². The first kappa shape index (κ1) is 62.5. The minimum Gasteiger partial charge on any atom is -0.309 e. The Hall–Kier alpha value is -16.3. The van der Waals surface area contributed by atoms with Gasteiger partial charge in [-0.3, -0.25) is 0 Å². The molecule has 0 aliphatic heterocycles. The molecule has 0 saturated heterocycles. The zero-order valence-electron chi connectivity index (χ0n) is 51.0. The molecule has 100 heavy (non-hydrogen) atoms. The molecular weight excluding hydrogens is 1250 g/mol. The summed E-state index contributed by atoms with van der Waals surface area (Å²) in [5.41, 5.74) is 3.25. The maximum atomic E-state index is 15.8. The number of hydrogen-bond acceptors (Lipinski definition) is 14. The largest absolute Gasteiger partial charge is 0.417 e. The molecule has 11 aromatic carbocycles. The van der Waals surface area contributed by atoms with Crippen molar-refractivity contribution in [2.24, 2.45) is 0 Å². The van der Waals surface area contributed by atoms with Gasteiger partial charge in [0.15, 0.2) is 0 Å². The van der Waals surface area contributed by atoms with E-state index in [1.807, 2.05) is 30.3 Å². The van der Waals surface area contributed by atoms with E-state index in [1.54, 1.807) is 100 Å². The van der Waals surface area contributed by atoms with Crippen molar-refractivity contribution in [3.63, 3.8) is 0 Å². The van der Waals surface area contributed by atoms with Crippen LogP contribution in [0.15, 0.2) is 176 Å². The number of aromatic nitrogens is 2. The van der Waals surface area contributed by atoms with Crippen molar-refractivity contribution in [1.82, 2.24) is 9.13 Å². The first-order chi connectivity index (χ1) is 48.5. The zero-order chi connectivity index (χ0) is 70.4. The Bertz CT molecular complexity index is 6150. The molecule has 16 nitrogen and oxygen atoms in total. The second kappa shape index (κ2) is 24.6. The Morgan fingerprint density at radius 2 is 0.540 bits per heavy atom. The average molecular weight is 1280 g/mol. The quantitative estimate of drug-likeness (QED) is 0.136. The summed E-state index contributed by atoms with van der Waals surface area (Å²) in [6.45, 7) is 0. The molecule has 2 aromatic heterocycles. The molecule has 0 spiro atoms. The minimum atomic E-state index is -5.06. The Balaban J connectivity index is 1.16. The smallest absolute Gasteiger partial charge is 0.309 e. The molecule has 454 valence electrons. The van der Waals surface area contributed by atoms with Crippen LogP contribution in [-0.4, -0.2) is 9.13 Å². The second-order valence-electron chi connectivity index (χ2n) is 22.7. The van der Waals surface area contributed by atoms with Gasteiger partial charge in [-0.15, -0.1) is 0 Å². The lowest BCUT2D eigenvalue weighted by Gasteiger charge is -2.21. The van der Waals surface area contributed by atoms with Crippen LogP contribution in [0.3, 0.4) is 0 Å². The summed E-state index contributed by atoms with van der Waals surface area (Å²) in [4.78, 5) is 0. The van der Waals surface area contributed by atoms with Crippen LogP contribution in [0, 0.1) is 159 Å². The van der Waals surface area contributed by atoms with Crippen LogP contribution < -0.4 is 0 Å². The number of halogens is 3. The number of nitriles is 14. The molecule has 19 heteroatoms. The number of hydrogen-bond donors (Lipinski definition) is 0. The monoisotopic (exact) mass is 1280 g/mol. The van der Waals surface area contributed by atoms with E-state index in [0.717, 1.165) is 6.07 Å². The second-order valence-corrected chi connectivity index (χ2v) is 22.7. The van der Waals surface area contributed by atoms with E-state index in [-0.39, 0.29) is 128 Å². The topological polar surface area (TPSA) is 343 Å². The van der Waals surface area contributed by atoms with Crippen LogP contribution >= 0.6 is 0 Å². The lowest BCUT2D eigenvalue weighted by molar-refractivity contribution is -0.137. The van der Waals surface area contributed by atoms with Gasteiger partial charge in [-0.2, -0.15) is 86.8 Å². The summed E-state index contributed by atoms with van der Waals surface area (Å²) in [5.74, 6) is 0. The van der Waals surface area contributed by atoms with E-state index in [2.05, 4.69) is 54.6 Å². The van der Waals surface area contributed by atoms with E-state index in [1.165, 1.54) is 78.9 Å². The van der Waals surface area contributed by atoms with Crippen molar-refractivity contribution >= 4 is 43.6 Å². The Morgan fingerprint density at radius 1 is 0.240 bits per heavy atom. The fourth-order valence-corrected chi connectivity index (χ4v) is 13.2. The number of fused-ring (bicyclic) bond motifs is 6. The van der Waals surface area contributed by atoms with Gasteiger partial charge in [-0.05, 0) is 178 Å². The molecule has 0 fully saturated rings. The van der Waals surface area contributed by atoms with Crippen LogP contribution in [0.1, 0.15) is 83.5 Å². The van der Waals surface area contributed by atoms with Crippen molar-refractivity contribution in [3.05, 3.63) is 259 Å². The van der Waals surface area contributed by atoms with Crippen molar-refractivity contribution in [1.29, 1.82) is 73.7 Å². The summed E-state index contributed by atoms with van der Waals surface area (Å²) >= 11 is 0. The maximum Gasteiger partial charge on any atom is 0.417 e. The molecule has 0 bridgehead atoms. The Kier molecular flexibility index (Phi) is 15.4. The van der Waals surface area contributed by atoms with Gasteiger partial charge in [0, 0.05) is 55.0 Å². The molecule has 13 aromatic rings. The van der Waals surface area contributed by atoms with Crippen LogP contribution in [-0.2, 0) is 6.18 Å². The molecular formula is C81H29F3N16. The summed E-state index contributed by atoms with van der Waals surface area (Å²) in [7, 11) is 0. The van der Waals surface area contributed by atoms with Gasteiger partial charge >= 0.3 is 6.18 Å². The molecule has 0 unspecified atom stereocenters. The summed E-state index contributed by atoms with van der Waals surface area (Å²) in [6.07, 6.45) is -5.06. The first-order valence-electron chi connectivity index (χ1n) is 29.6. The van der Waals surface area contributed by atoms with Crippen molar-refractivity contribution < 1.29 is 13.2 Å². The molecule has 0 atom stereocenters. The SMILES string of the molecule is N#Cc1cc(C#N)c(-c2ccc3c(c2)c2cc(-c4c(C#N)cc(C#N)cc4C#N)ccc2n3-c2ccc(-c3ccc(C#N)cc3C(F)(F)F)c(-c3cc(C#N)ccc3-n3c4ccc(-c5c(C#N)cc(C#N)cc5C#N)cc4c4cc(-c5c(C#N)cc(C#N)cc5C#N)ccc43)c2)c(C#N)c1. The van der Waals surface area contributed by atoms with Gasteiger partial charge in [-0.1, -0.05) is 36.4 Å². The highest BCUT2D eigenvalue weighted by atomic mass is 19.4. The molecule has 0 saturated carbocycles. The molecule has 0 radical (unpaired) electrons. The van der Waals surface area contributed by atoms with Gasteiger partial charge in [0.25, 0.3) is 0 Å². The number of alkyl halides is 3. The van der Waals surface area contributed by atoms with Crippen molar-refractivity contribution in [2.75, 3.05) is 0 Å². The van der Waals surface area contributed by atoms with Gasteiger partial charge in [0.2, 0.25) is 0 Å². The minimum absolute atomic E-state index is 0.00128. The maximum absolute atomic E-state index is 15.8. The van der Waals surface area contributed by atoms with E-state index >= 15 is 13.2 Å². The summed E-state index contributed by atoms with van der Waals surface area (Å²) in [5, 5.41) is 146. The highest BCUT2D eigenvalue weighted by molar-refractivity contribution is 6.14. The van der Waals surface area contributed by atoms with E-state index in [0.29, 0.717) is 71.6 Å². The normalized spacial score (nSPS) is 10.6.